The number of aliphatic hydroxyl groups is 2. The molecule has 0 spiro atoms. The highest BCUT2D eigenvalue weighted by atomic mass is 16.3. The molecule has 1 atom stereocenters. The number of phenols is 1. The lowest BCUT2D eigenvalue weighted by molar-refractivity contribution is 0.0914. The van der Waals surface area contributed by atoms with E-state index in [-0.39, 0.29) is 19.3 Å². The third-order valence-electron chi connectivity index (χ3n) is 3.66. The summed E-state index contributed by atoms with van der Waals surface area (Å²) >= 11 is 0. The molecular weight excluding hydrogens is 230 g/mol. The normalized spacial score (nSPS) is 19.6. The molecule has 0 amide bonds. The van der Waals surface area contributed by atoms with Crippen molar-refractivity contribution in [2.24, 2.45) is 0 Å². The van der Waals surface area contributed by atoms with E-state index in [2.05, 4.69) is 5.32 Å². The number of aromatic hydroxyl groups is 1. The number of fused-ring (bicyclic) bond motifs is 1. The molecule has 1 aliphatic carbocycles. The number of aliphatic hydroxyl groups excluding tert-OH is 2. The lowest BCUT2D eigenvalue weighted by Crippen LogP contribution is -2.51. The van der Waals surface area contributed by atoms with Crippen LogP contribution in [0.4, 0.5) is 0 Å². The molecule has 0 saturated carbocycles. The average Bonchev–Trinajstić information content (AvgIpc) is 2.38. The zero-order valence-corrected chi connectivity index (χ0v) is 10.7. The van der Waals surface area contributed by atoms with Crippen LogP contribution in [0, 0.1) is 0 Å². The third-order valence-corrected chi connectivity index (χ3v) is 3.66. The predicted molar refractivity (Wildman–Crippen MR) is 69.5 cm³/mol. The van der Waals surface area contributed by atoms with Crippen molar-refractivity contribution in [1.29, 1.82) is 0 Å². The summed E-state index contributed by atoms with van der Waals surface area (Å²) in [7, 11) is 0. The molecule has 0 heterocycles. The van der Waals surface area contributed by atoms with Crippen LogP contribution < -0.4 is 5.32 Å². The van der Waals surface area contributed by atoms with Crippen LogP contribution in [-0.4, -0.2) is 34.1 Å². The minimum absolute atomic E-state index is 0.104. The van der Waals surface area contributed by atoms with Crippen LogP contribution in [-0.2, 0) is 6.42 Å². The van der Waals surface area contributed by atoms with Gasteiger partial charge in [-0.3, -0.25) is 0 Å². The molecule has 1 aliphatic rings. The van der Waals surface area contributed by atoms with Gasteiger partial charge in [0.15, 0.2) is 0 Å². The molecule has 1 aromatic rings. The van der Waals surface area contributed by atoms with E-state index < -0.39 is 5.54 Å². The molecule has 4 heteroatoms. The minimum Gasteiger partial charge on any atom is -0.508 e. The van der Waals surface area contributed by atoms with Crippen LogP contribution >= 0.6 is 0 Å². The number of hydrogen-bond acceptors (Lipinski definition) is 4. The standard InChI is InChI=1S/C14H21NO3/c1-14(8-16,9-17)15-13-4-2-3-10-7-11(18)5-6-12(10)13/h5-7,13,15-18H,2-4,8-9H2,1H3. The van der Waals surface area contributed by atoms with E-state index in [1.54, 1.807) is 12.1 Å². The van der Waals surface area contributed by atoms with E-state index in [1.807, 2.05) is 13.0 Å². The highest BCUT2D eigenvalue weighted by Crippen LogP contribution is 2.33. The van der Waals surface area contributed by atoms with Crippen molar-refractivity contribution in [2.75, 3.05) is 13.2 Å². The molecule has 18 heavy (non-hydrogen) atoms. The molecule has 0 fully saturated rings. The molecule has 4 N–H and O–H groups in total. The van der Waals surface area contributed by atoms with E-state index >= 15 is 0 Å². The first kappa shape index (κ1) is 13.3. The highest BCUT2D eigenvalue weighted by molar-refractivity contribution is 5.38. The van der Waals surface area contributed by atoms with Crippen LogP contribution in [0.3, 0.4) is 0 Å². The van der Waals surface area contributed by atoms with Gasteiger partial charge in [-0.1, -0.05) is 6.07 Å². The van der Waals surface area contributed by atoms with Gasteiger partial charge in [0, 0.05) is 6.04 Å². The van der Waals surface area contributed by atoms with Gasteiger partial charge in [0.2, 0.25) is 0 Å². The van der Waals surface area contributed by atoms with E-state index in [4.69, 9.17) is 0 Å². The SMILES string of the molecule is CC(CO)(CO)NC1CCCc2cc(O)ccc21. The summed E-state index contributed by atoms with van der Waals surface area (Å²) in [6, 6.07) is 5.54. The Bertz CT molecular complexity index is 416. The van der Waals surface area contributed by atoms with Gasteiger partial charge < -0.3 is 20.6 Å². The van der Waals surface area contributed by atoms with Gasteiger partial charge in [-0.2, -0.15) is 0 Å². The fraction of sp³-hybridized carbons (Fsp3) is 0.571. The topological polar surface area (TPSA) is 72.7 Å². The number of hydrogen-bond donors (Lipinski definition) is 4. The van der Waals surface area contributed by atoms with Crippen molar-refractivity contribution in [3.8, 4) is 5.75 Å². The summed E-state index contributed by atoms with van der Waals surface area (Å²) in [5.41, 5.74) is 1.64. The largest absolute Gasteiger partial charge is 0.508 e. The van der Waals surface area contributed by atoms with Crippen LogP contribution in [0.2, 0.25) is 0 Å². The number of rotatable bonds is 4. The van der Waals surface area contributed by atoms with E-state index in [1.165, 1.54) is 0 Å². The van der Waals surface area contributed by atoms with Crippen molar-refractivity contribution >= 4 is 0 Å². The first-order chi connectivity index (χ1) is 8.58. The minimum atomic E-state index is -0.669. The second kappa shape index (κ2) is 5.26. The number of nitrogens with one attached hydrogen (secondary N) is 1. The lowest BCUT2D eigenvalue weighted by atomic mass is 9.86. The molecule has 4 nitrogen and oxygen atoms in total. The van der Waals surface area contributed by atoms with Crippen LogP contribution in [0.15, 0.2) is 18.2 Å². The van der Waals surface area contributed by atoms with Crippen molar-refractivity contribution in [1.82, 2.24) is 5.32 Å². The fourth-order valence-electron chi connectivity index (χ4n) is 2.51. The smallest absolute Gasteiger partial charge is 0.115 e. The fourth-order valence-corrected chi connectivity index (χ4v) is 2.51. The van der Waals surface area contributed by atoms with Crippen LogP contribution in [0.5, 0.6) is 5.75 Å². The van der Waals surface area contributed by atoms with Gasteiger partial charge in [0.05, 0.1) is 18.8 Å². The number of aryl methyl sites for hydroxylation is 1. The van der Waals surface area contributed by atoms with Crippen molar-refractivity contribution in [3.05, 3.63) is 29.3 Å². The lowest BCUT2D eigenvalue weighted by Gasteiger charge is -2.35. The summed E-state index contributed by atoms with van der Waals surface area (Å²) in [4.78, 5) is 0. The molecule has 100 valence electrons. The first-order valence-electron chi connectivity index (χ1n) is 6.39. The number of phenolic OH excluding ortho intramolecular Hbond substituents is 1. The van der Waals surface area contributed by atoms with Crippen LogP contribution in [0.25, 0.3) is 0 Å². The predicted octanol–water partition coefficient (Wildman–Crippen LogP) is 1.10. The molecule has 0 aliphatic heterocycles. The Hall–Kier alpha value is -1.10. The summed E-state index contributed by atoms with van der Waals surface area (Å²) in [5.74, 6) is 0.293. The summed E-state index contributed by atoms with van der Waals surface area (Å²) in [5, 5.41) is 31.5. The quantitative estimate of drug-likeness (QED) is 0.646. The molecule has 1 aromatic carbocycles. The number of benzene rings is 1. The van der Waals surface area contributed by atoms with Gasteiger partial charge in [0.1, 0.15) is 5.75 Å². The maximum Gasteiger partial charge on any atom is 0.115 e. The van der Waals surface area contributed by atoms with Gasteiger partial charge in [-0.25, -0.2) is 0 Å². The third kappa shape index (κ3) is 2.66. The second-order valence-electron chi connectivity index (χ2n) is 5.35. The Morgan fingerprint density at radius 2 is 2.06 bits per heavy atom. The molecule has 0 bridgehead atoms. The highest BCUT2D eigenvalue weighted by Gasteiger charge is 2.29. The van der Waals surface area contributed by atoms with Gasteiger partial charge >= 0.3 is 0 Å². The monoisotopic (exact) mass is 251 g/mol. The molecule has 2 rings (SSSR count). The Labute approximate surface area is 107 Å². The van der Waals surface area contributed by atoms with E-state index in [0.29, 0.717) is 5.75 Å². The Morgan fingerprint density at radius 1 is 1.33 bits per heavy atom. The zero-order valence-electron chi connectivity index (χ0n) is 10.7. The van der Waals surface area contributed by atoms with Crippen molar-refractivity contribution in [2.45, 2.75) is 37.8 Å². The van der Waals surface area contributed by atoms with Crippen LogP contribution in [0.1, 0.15) is 36.9 Å². The zero-order chi connectivity index (χ0) is 13.2. The molecule has 0 saturated heterocycles. The Morgan fingerprint density at radius 3 is 2.72 bits per heavy atom. The second-order valence-corrected chi connectivity index (χ2v) is 5.35. The summed E-state index contributed by atoms with van der Waals surface area (Å²) in [6.45, 7) is 1.60. The van der Waals surface area contributed by atoms with Crippen molar-refractivity contribution in [3.63, 3.8) is 0 Å². The van der Waals surface area contributed by atoms with Gasteiger partial charge in [-0.15, -0.1) is 0 Å². The molecule has 1 unspecified atom stereocenters. The van der Waals surface area contributed by atoms with E-state index in [9.17, 15) is 15.3 Å². The summed E-state index contributed by atoms with van der Waals surface area (Å²) in [6.07, 6.45) is 2.99. The van der Waals surface area contributed by atoms with Crippen molar-refractivity contribution < 1.29 is 15.3 Å². The maximum atomic E-state index is 9.50. The molecular formula is C14H21NO3. The summed E-state index contributed by atoms with van der Waals surface area (Å²) < 4.78 is 0. The average molecular weight is 251 g/mol. The maximum absolute atomic E-state index is 9.50. The van der Waals surface area contributed by atoms with Gasteiger partial charge in [0.25, 0.3) is 0 Å². The van der Waals surface area contributed by atoms with E-state index in [0.717, 1.165) is 30.4 Å². The van der Waals surface area contributed by atoms with Gasteiger partial charge in [-0.05, 0) is 49.4 Å². The Balaban J connectivity index is 2.22. The molecule has 0 radical (unpaired) electrons. The molecule has 0 aromatic heterocycles. The Kier molecular flexibility index (Phi) is 3.90. The first-order valence-corrected chi connectivity index (χ1v) is 6.39.